The molecule has 0 bridgehead atoms. The quantitative estimate of drug-likeness (QED) is 0.808. The smallest absolute Gasteiger partial charge is 0.256 e. The maximum atomic E-state index is 12.7. The molecule has 0 unspecified atom stereocenters. The average molecular weight is 315 g/mol. The number of aromatic nitrogens is 4. The molecule has 3 heterocycles. The fraction of sp³-hybridized carbons (Fsp3) is 0.500. The third kappa shape index (κ3) is 2.78. The van der Waals surface area contributed by atoms with Crippen LogP contribution >= 0.6 is 0 Å². The van der Waals surface area contributed by atoms with Crippen LogP contribution in [-0.4, -0.2) is 43.2 Å². The second-order valence-electron chi connectivity index (χ2n) is 5.94. The second-order valence-corrected chi connectivity index (χ2v) is 5.94. The second kappa shape index (κ2) is 5.98. The Hall–Kier alpha value is -2.44. The molecule has 0 spiro atoms. The van der Waals surface area contributed by atoms with E-state index in [0.29, 0.717) is 31.8 Å². The van der Waals surface area contributed by atoms with E-state index < -0.39 is 0 Å². The van der Waals surface area contributed by atoms with E-state index in [1.54, 1.807) is 34.8 Å². The first-order valence-electron chi connectivity index (χ1n) is 7.82. The SMILES string of the molecule is Cc1nc2c(c(=O)n1C)CCN(C(=O)[C@H](C)n1cccn1)CC2. The highest BCUT2D eigenvalue weighted by molar-refractivity contribution is 5.80. The van der Waals surface area contributed by atoms with Gasteiger partial charge in [0.05, 0.1) is 5.69 Å². The summed E-state index contributed by atoms with van der Waals surface area (Å²) in [5, 5.41) is 4.14. The van der Waals surface area contributed by atoms with Gasteiger partial charge in [0.1, 0.15) is 11.9 Å². The summed E-state index contributed by atoms with van der Waals surface area (Å²) < 4.78 is 3.23. The highest BCUT2D eigenvalue weighted by Gasteiger charge is 2.26. The first-order valence-corrected chi connectivity index (χ1v) is 7.82. The number of hydrogen-bond donors (Lipinski definition) is 0. The van der Waals surface area contributed by atoms with Gasteiger partial charge >= 0.3 is 0 Å². The van der Waals surface area contributed by atoms with Gasteiger partial charge in [0.15, 0.2) is 0 Å². The summed E-state index contributed by atoms with van der Waals surface area (Å²) in [6.07, 6.45) is 4.62. The van der Waals surface area contributed by atoms with Crippen LogP contribution in [0.5, 0.6) is 0 Å². The Morgan fingerprint density at radius 1 is 1.30 bits per heavy atom. The van der Waals surface area contributed by atoms with Gasteiger partial charge in [-0.05, 0) is 26.3 Å². The number of fused-ring (bicyclic) bond motifs is 1. The van der Waals surface area contributed by atoms with Crippen molar-refractivity contribution in [3.05, 3.63) is 45.9 Å². The molecule has 0 fully saturated rings. The van der Waals surface area contributed by atoms with E-state index in [9.17, 15) is 9.59 Å². The molecule has 0 saturated carbocycles. The lowest BCUT2D eigenvalue weighted by molar-refractivity contribution is -0.134. The van der Waals surface area contributed by atoms with E-state index in [0.717, 1.165) is 11.3 Å². The Morgan fingerprint density at radius 2 is 2.04 bits per heavy atom. The molecule has 0 radical (unpaired) electrons. The first-order chi connectivity index (χ1) is 11.0. The Labute approximate surface area is 134 Å². The number of amides is 1. The maximum Gasteiger partial charge on any atom is 0.256 e. The molecule has 0 aromatic carbocycles. The van der Waals surface area contributed by atoms with Crippen molar-refractivity contribution in [1.29, 1.82) is 0 Å². The van der Waals surface area contributed by atoms with Crippen LogP contribution in [0.1, 0.15) is 30.0 Å². The van der Waals surface area contributed by atoms with Crippen molar-refractivity contribution < 1.29 is 4.79 Å². The molecule has 1 amide bonds. The van der Waals surface area contributed by atoms with E-state index in [4.69, 9.17) is 0 Å². The molecular weight excluding hydrogens is 294 g/mol. The number of carbonyl (C=O) groups excluding carboxylic acids is 1. The lowest BCUT2D eigenvalue weighted by atomic mass is 10.1. The predicted octanol–water partition coefficient (Wildman–Crippen LogP) is 0.474. The molecular formula is C16H21N5O2. The van der Waals surface area contributed by atoms with Crippen LogP contribution in [0.15, 0.2) is 23.3 Å². The van der Waals surface area contributed by atoms with Crippen molar-refractivity contribution in [2.75, 3.05) is 13.1 Å². The van der Waals surface area contributed by atoms with Crippen molar-refractivity contribution >= 4 is 5.91 Å². The van der Waals surface area contributed by atoms with Gasteiger partial charge in [-0.15, -0.1) is 0 Å². The van der Waals surface area contributed by atoms with Crippen molar-refractivity contribution in [3.63, 3.8) is 0 Å². The summed E-state index contributed by atoms with van der Waals surface area (Å²) in [6.45, 7) is 4.79. The summed E-state index contributed by atoms with van der Waals surface area (Å²) in [7, 11) is 1.73. The first kappa shape index (κ1) is 15.5. The van der Waals surface area contributed by atoms with E-state index in [1.807, 2.05) is 18.7 Å². The van der Waals surface area contributed by atoms with Crippen LogP contribution in [-0.2, 0) is 24.7 Å². The van der Waals surface area contributed by atoms with Gasteiger partial charge in [-0.1, -0.05) is 0 Å². The van der Waals surface area contributed by atoms with Crippen molar-refractivity contribution in [1.82, 2.24) is 24.2 Å². The van der Waals surface area contributed by atoms with Gasteiger partial charge in [-0.25, -0.2) is 4.98 Å². The van der Waals surface area contributed by atoms with E-state index >= 15 is 0 Å². The van der Waals surface area contributed by atoms with Crippen LogP contribution in [0, 0.1) is 6.92 Å². The molecule has 2 aromatic heterocycles. The van der Waals surface area contributed by atoms with Crippen LogP contribution in [0.4, 0.5) is 0 Å². The zero-order valence-electron chi connectivity index (χ0n) is 13.7. The van der Waals surface area contributed by atoms with Crippen LogP contribution in [0.2, 0.25) is 0 Å². The average Bonchev–Trinajstić information content (AvgIpc) is 2.99. The highest BCUT2D eigenvalue weighted by Crippen LogP contribution is 2.15. The molecule has 1 aliphatic heterocycles. The lowest BCUT2D eigenvalue weighted by Crippen LogP contribution is -2.38. The summed E-state index contributed by atoms with van der Waals surface area (Å²) in [5.41, 5.74) is 1.56. The van der Waals surface area contributed by atoms with Crippen LogP contribution < -0.4 is 5.56 Å². The van der Waals surface area contributed by atoms with Gasteiger partial charge in [-0.2, -0.15) is 5.10 Å². The third-order valence-corrected chi connectivity index (χ3v) is 4.53. The predicted molar refractivity (Wildman–Crippen MR) is 85.1 cm³/mol. The Bertz CT molecular complexity index is 779. The van der Waals surface area contributed by atoms with Crippen molar-refractivity contribution in [2.24, 2.45) is 7.05 Å². The van der Waals surface area contributed by atoms with Gasteiger partial charge in [-0.3, -0.25) is 18.8 Å². The monoisotopic (exact) mass is 315 g/mol. The normalized spacial score (nSPS) is 15.9. The van der Waals surface area contributed by atoms with Gasteiger partial charge in [0.25, 0.3) is 5.56 Å². The van der Waals surface area contributed by atoms with E-state index in [-0.39, 0.29) is 17.5 Å². The fourth-order valence-corrected chi connectivity index (χ4v) is 2.98. The molecule has 7 nitrogen and oxygen atoms in total. The zero-order chi connectivity index (χ0) is 16.6. The van der Waals surface area contributed by atoms with Crippen LogP contribution in [0.25, 0.3) is 0 Å². The van der Waals surface area contributed by atoms with E-state index in [2.05, 4.69) is 10.1 Å². The molecule has 122 valence electrons. The molecule has 0 N–H and O–H groups in total. The minimum atomic E-state index is -0.344. The number of hydrogen-bond acceptors (Lipinski definition) is 4. The summed E-state index contributed by atoms with van der Waals surface area (Å²) in [6, 6.07) is 1.46. The maximum absolute atomic E-state index is 12.7. The third-order valence-electron chi connectivity index (χ3n) is 4.53. The Kier molecular flexibility index (Phi) is 4.02. The zero-order valence-corrected chi connectivity index (χ0v) is 13.7. The lowest BCUT2D eigenvalue weighted by Gasteiger charge is -2.24. The number of aryl methyl sites for hydroxylation is 1. The van der Waals surface area contributed by atoms with Gasteiger partial charge < -0.3 is 4.90 Å². The molecule has 1 atom stereocenters. The minimum Gasteiger partial charge on any atom is -0.340 e. The summed E-state index contributed by atoms with van der Waals surface area (Å²) in [5.74, 6) is 0.730. The highest BCUT2D eigenvalue weighted by atomic mass is 16.2. The Balaban J connectivity index is 1.81. The largest absolute Gasteiger partial charge is 0.340 e. The van der Waals surface area contributed by atoms with Crippen molar-refractivity contribution in [3.8, 4) is 0 Å². The van der Waals surface area contributed by atoms with Gasteiger partial charge in [0, 0.05) is 44.5 Å². The van der Waals surface area contributed by atoms with Crippen LogP contribution in [0.3, 0.4) is 0 Å². The fourth-order valence-electron chi connectivity index (χ4n) is 2.98. The molecule has 1 aliphatic rings. The summed E-state index contributed by atoms with van der Waals surface area (Å²) >= 11 is 0. The van der Waals surface area contributed by atoms with Crippen molar-refractivity contribution in [2.45, 2.75) is 32.7 Å². The summed E-state index contributed by atoms with van der Waals surface area (Å²) in [4.78, 5) is 31.4. The number of carbonyl (C=O) groups is 1. The minimum absolute atomic E-state index is 0.00178. The molecule has 0 aliphatic carbocycles. The standard InChI is InChI=1S/C16H21N5O2/c1-11(21-8-4-7-17-21)15(22)20-9-5-13-14(6-10-20)18-12(2)19(3)16(13)23/h4,7-8,11H,5-6,9-10H2,1-3H3/t11-/m0/s1. The molecule has 7 heteroatoms. The molecule has 3 rings (SSSR count). The topological polar surface area (TPSA) is 73.0 Å². The van der Waals surface area contributed by atoms with Gasteiger partial charge in [0.2, 0.25) is 5.91 Å². The number of nitrogens with zero attached hydrogens (tertiary/aromatic N) is 5. The molecule has 23 heavy (non-hydrogen) atoms. The van der Waals surface area contributed by atoms with E-state index in [1.165, 1.54) is 0 Å². The molecule has 2 aromatic rings. The molecule has 0 saturated heterocycles. The Morgan fingerprint density at radius 3 is 2.74 bits per heavy atom. The number of rotatable bonds is 2.